The summed E-state index contributed by atoms with van der Waals surface area (Å²) >= 11 is 0. The van der Waals surface area contributed by atoms with E-state index in [4.69, 9.17) is 0 Å². The molecular formula is C12H26. The normalized spacial score (nSPS) is 10.9. The average Bonchev–Trinajstić information content (AvgIpc) is 1.90. The lowest BCUT2D eigenvalue weighted by atomic mass is 10.0. The maximum absolute atomic E-state index is 3.36. The molecule has 0 saturated heterocycles. The van der Waals surface area contributed by atoms with Crippen molar-refractivity contribution in [3.05, 3.63) is 25.8 Å². The molecule has 0 atom stereocenters. The van der Waals surface area contributed by atoms with Crippen molar-refractivity contribution in [2.24, 2.45) is 0 Å². The van der Waals surface area contributed by atoms with Gasteiger partial charge in [-0.3, -0.25) is 0 Å². The first kappa shape index (κ1) is 17.5. The second-order valence-corrected chi connectivity index (χ2v) is 2.53. The number of hydrogen-bond donors (Lipinski definition) is 0. The number of hydrogen-bond acceptors (Lipinski definition) is 0. The van der Waals surface area contributed by atoms with Gasteiger partial charge in [0.2, 0.25) is 0 Å². The summed E-state index contributed by atoms with van der Waals surface area (Å²) in [6, 6.07) is 0. The predicted octanol–water partition coefficient (Wildman–Crippen LogP) is 4.97. The zero-order chi connectivity index (χ0) is 10.2. The molecule has 0 aliphatic heterocycles. The van der Waals surface area contributed by atoms with E-state index in [0.717, 1.165) is 0 Å². The fourth-order valence-electron chi connectivity index (χ4n) is 0.250. The molecule has 12 heavy (non-hydrogen) atoms. The Morgan fingerprint density at radius 3 is 1.08 bits per heavy atom. The van der Waals surface area contributed by atoms with Crippen LogP contribution in [0.2, 0.25) is 0 Å². The van der Waals surface area contributed by atoms with E-state index in [1.165, 1.54) is 32.1 Å². The third kappa shape index (κ3) is 56.3. The van der Waals surface area contributed by atoms with Crippen molar-refractivity contribution in [3.63, 3.8) is 0 Å². The van der Waals surface area contributed by atoms with E-state index in [-0.39, 0.29) is 0 Å². The van der Waals surface area contributed by atoms with Gasteiger partial charge in [0, 0.05) is 0 Å². The molecule has 0 amide bonds. The second-order valence-electron chi connectivity index (χ2n) is 2.53. The molecule has 0 radical (unpaired) electrons. The van der Waals surface area contributed by atoms with Gasteiger partial charge in [-0.05, 0) is 6.92 Å². The Hall–Kier alpha value is -0.520. The largest absolute Gasteiger partial charge is 0.106 e. The molecule has 1 aliphatic carbocycles. The van der Waals surface area contributed by atoms with Gasteiger partial charge in [0.1, 0.15) is 0 Å². The zero-order valence-electron chi connectivity index (χ0n) is 9.23. The minimum absolute atomic E-state index is 1.25. The summed E-state index contributed by atoms with van der Waals surface area (Å²) in [6.45, 7) is 15.5. The Bertz CT molecular complexity index is 47.1. The lowest BCUT2D eigenvalue weighted by Gasteiger charge is -2.05. The third-order valence-corrected chi connectivity index (χ3v) is 1.000. The Labute approximate surface area is 79.4 Å². The lowest BCUT2D eigenvalue weighted by molar-refractivity contribution is 0.504. The van der Waals surface area contributed by atoms with Crippen molar-refractivity contribution in [2.75, 3.05) is 0 Å². The average molecular weight is 170 g/mol. The summed E-state index contributed by atoms with van der Waals surface area (Å²) in [5.74, 6) is 0. The van der Waals surface area contributed by atoms with E-state index < -0.39 is 0 Å². The summed E-state index contributed by atoms with van der Waals surface area (Å²) in [7, 11) is 0. The summed E-state index contributed by atoms with van der Waals surface area (Å²) in [6.07, 6.45) is 9.00. The maximum atomic E-state index is 3.36. The van der Waals surface area contributed by atoms with Crippen LogP contribution in [0.4, 0.5) is 0 Å². The topological polar surface area (TPSA) is 0 Å². The van der Waals surface area contributed by atoms with Crippen LogP contribution in [-0.2, 0) is 0 Å². The van der Waals surface area contributed by atoms with E-state index in [2.05, 4.69) is 33.6 Å². The van der Waals surface area contributed by atoms with Crippen molar-refractivity contribution in [3.8, 4) is 0 Å². The van der Waals surface area contributed by atoms with Crippen LogP contribution in [0.5, 0.6) is 0 Å². The fourth-order valence-corrected chi connectivity index (χ4v) is 0.250. The Morgan fingerprint density at radius 1 is 1.00 bits per heavy atom. The van der Waals surface area contributed by atoms with Crippen LogP contribution >= 0.6 is 0 Å². The van der Waals surface area contributed by atoms with Gasteiger partial charge in [0.05, 0.1) is 0 Å². The fraction of sp³-hybridized carbons (Fsp3) is 0.667. The molecule has 0 nitrogen and oxygen atoms in total. The Morgan fingerprint density at radius 2 is 1.08 bits per heavy atom. The molecule has 0 N–H and O–H groups in total. The van der Waals surface area contributed by atoms with Crippen molar-refractivity contribution < 1.29 is 0 Å². The van der Waals surface area contributed by atoms with Gasteiger partial charge >= 0.3 is 0 Å². The molecule has 0 aromatic carbocycles. The SMILES string of the molecule is C1CCC1.C=C.C=CC.CCC. The molecule has 1 aliphatic rings. The van der Waals surface area contributed by atoms with E-state index in [1.54, 1.807) is 6.08 Å². The van der Waals surface area contributed by atoms with Crippen LogP contribution in [0.15, 0.2) is 25.8 Å². The molecule has 0 heterocycles. The van der Waals surface area contributed by atoms with Gasteiger partial charge in [0.15, 0.2) is 0 Å². The molecule has 1 saturated carbocycles. The van der Waals surface area contributed by atoms with Gasteiger partial charge in [-0.2, -0.15) is 0 Å². The minimum Gasteiger partial charge on any atom is -0.106 e. The standard InChI is InChI=1S/C4H8.C3H8.C3H6.C2H4/c1-2-4-3-1;2*1-3-2;1-2/h1-4H2;3H2,1-2H3;3H,1H2,2H3;1-2H2. The maximum Gasteiger partial charge on any atom is -0.0473 e. The summed E-state index contributed by atoms with van der Waals surface area (Å²) in [5.41, 5.74) is 0. The number of rotatable bonds is 0. The van der Waals surface area contributed by atoms with Gasteiger partial charge < -0.3 is 0 Å². The van der Waals surface area contributed by atoms with Gasteiger partial charge in [-0.1, -0.05) is 52.0 Å². The summed E-state index contributed by atoms with van der Waals surface area (Å²) in [4.78, 5) is 0. The molecule has 1 fully saturated rings. The van der Waals surface area contributed by atoms with Crippen LogP contribution in [0, 0.1) is 0 Å². The van der Waals surface area contributed by atoms with E-state index in [9.17, 15) is 0 Å². The van der Waals surface area contributed by atoms with E-state index >= 15 is 0 Å². The molecular weight excluding hydrogens is 144 g/mol. The van der Waals surface area contributed by atoms with Crippen molar-refractivity contribution in [2.45, 2.75) is 52.9 Å². The molecule has 0 heteroatoms. The second kappa shape index (κ2) is 31.4. The lowest BCUT2D eigenvalue weighted by Crippen LogP contribution is -1.85. The highest BCUT2D eigenvalue weighted by atomic mass is 14.0. The summed E-state index contributed by atoms with van der Waals surface area (Å²) in [5, 5.41) is 0. The van der Waals surface area contributed by atoms with Gasteiger partial charge in [-0.15, -0.1) is 19.7 Å². The molecule has 0 bridgehead atoms. The first-order valence-electron chi connectivity index (χ1n) is 4.90. The monoisotopic (exact) mass is 170 g/mol. The predicted molar refractivity (Wildman–Crippen MR) is 61.6 cm³/mol. The highest BCUT2D eigenvalue weighted by Gasteiger charge is 1.95. The highest BCUT2D eigenvalue weighted by molar-refractivity contribution is 4.51. The molecule has 0 aromatic heterocycles. The van der Waals surface area contributed by atoms with Crippen LogP contribution in [0.1, 0.15) is 52.9 Å². The van der Waals surface area contributed by atoms with Gasteiger partial charge in [0.25, 0.3) is 0 Å². The van der Waals surface area contributed by atoms with Crippen LogP contribution in [-0.4, -0.2) is 0 Å². The Balaban J connectivity index is -0.0000000940. The summed E-state index contributed by atoms with van der Waals surface area (Å²) < 4.78 is 0. The van der Waals surface area contributed by atoms with Crippen LogP contribution in [0.25, 0.3) is 0 Å². The minimum atomic E-state index is 1.25. The molecule has 0 spiro atoms. The Kier molecular flexibility index (Phi) is 45.8. The molecule has 0 unspecified atom stereocenters. The third-order valence-electron chi connectivity index (χ3n) is 1.000. The molecule has 1 rings (SSSR count). The highest BCUT2D eigenvalue weighted by Crippen LogP contribution is 2.15. The van der Waals surface area contributed by atoms with Crippen molar-refractivity contribution in [1.29, 1.82) is 0 Å². The van der Waals surface area contributed by atoms with Crippen LogP contribution < -0.4 is 0 Å². The smallest absolute Gasteiger partial charge is 0.0473 e. The molecule has 0 aromatic rings. The quantitative estimate of drug-likeness (QED) is 0.450. The first-order valence-corrected chi connectivity index (χ1v) is 4.90. The van der Waals surface area contributed by atoms with Crippen LogP contribution in [0.3, 0.4) is 0 Å². The molecule has 74 valence electrons. The van der Waals surface area contributed by atoms with E-state index in [0.29, 0.717) is 0 Å². The van der Waals surface area contributed by atoms with E-state index in [1.807, 2.05) is 6.92 Å². The zero-order valence-corrected chi connectivity index (χ0v) is 9.23. The van der Waals surface area contributed by atoms with Gasteiger partial charge in [-0.25, -0.2) is 0 Å². The number of allylic oxidation sites excluding steroid dienone is 1. The first-order chi connectivity index (χ1) is 5.83. The van der Waals surface area contributed by atoms with Crippen molar-refractivity contribution in [1.82, 2.24) is 0 Å². The van der Waals surface area contributed by atoms with Crippen molar-refractivity contribution >= 4 is 0 Å².